The Kier molecular flexibility index (Phi) is 8.89. The van der Waals surface area contributed by atoms with Gasteiger partial charge in [-0.05, 0) is 156 Å². The first-order chi connectivity index (χ1) is 45.7. The molecule has 23 rings (SSSR count). The number of nitrogens with zero attached hydrogens (tertiary/aromatic N) is 6. The second kappa shape index (κ2) is 16.7. The van der Waals surface area contributed by atoms with Gasteiger partial charge in [-0.1, -0.05) is 204 Å². The summed E-state index contributed by atoms with van der Waals surface area (Å²) in [6.45, 7) is 9.59. The van der Waals surface area contributed by atoms with E-state index in [0.29, 0.717) is 0 Å². The number of hydrogen-bond acceptors (Lipinski definition) is 4. The molecule has 10 heterocycles. The first-order valence-electron chi connectivity index (χ1n) is 33.1. The molecule has 0 amide bonds. The summed E-state index contributed by atoms with van der Waals surface area (Å²) in [5, 5.41) is 5.19. The molecule has 0 N–H and O–H groups in total. The number of fused-ring (bicyclic) bond motifs is 24. The minimum Gasteiger partial charge on any atom is -0.312 e. The summed E-state index contributed by atoms with van der Waals surface area (Å²) in [4.78, 5) is 10.6. The quantitative estimate of drug-likeness (QED) is 0.161. The van der Waals surface area contributed by atoms with Gasteiger partial charge in [0.25, 0.3) is 20.1 Å². The smallest absolute Gasteiger partial charge is 0.252 e. The lowest BCUT2D eigenvalue weighted by Gasteiger charge is -2.52. The monoisotopic (exact) mass is 1180 g/mol. The molecule has 0 unspecified atom stereocenters. The lowest BCUT2D eigenvalue weighted by Crippen LogP contribution is -2.70. The van der Waals surface area contributed by atoms with Gasteiger partial charge in [-0.25, -0.2) is 0 Å². The maximum Gasteiger partial charge on any atom is 0.252 e. The van der Waals surface area contributed by atoms with E-state index in [0.717, 1.165) is 11.4 Å². The molecule has 0 fully saturated rings. The molecule has 0 saturated carbocycles. The molecule has 2 aromatic heterocycles. The fourth-order valence-corrected chi connectivity index (χ4v) is 19.7. The van der Waals surface area contributed by atoms with E-state index in [1.165, 1.54) is 183 Å². The van der Waals surface area contributed by atoms with Crippen molar-refractivity contribution >= 4 is 181 Å². The van der Waals surface area contributed by atoms with Crippen molar-refractivity contribution in [2.45, 2.75) is 38.5 Å². The van der Waals surface area contributed by atoms with E-state index in [4.69, 9.17) is 0 Å². The molecule has 8 aliphatic rings. The SMILES string of the molecule is CC1(C)c2ccccc2N(c2ccccc2)c2cc3c(cc21)B1c2c(ccc4c2N3c2cccc3c2B4c2ccc4c5c2N3c2cc3c(cc2B5c2cccc5c6ccccc6n-4c25)C(C)(C)c2ccccc2N3c2ccccc2)-n2c3ccccc3c3cccc1c32. The molecule has 15 aromatic rings. The summed E-state index contributed by atoms with van der Waals surface area (Å²) in [6, 6.07) is 101. The topological polar surface area (TPSA) is 22.8 Å². The Hall–Kier alpha value is -11.1. The highest BCUT2D eigenvalue weighted by Crippen LogP contribution is 2.58. The largest absolute Gasteiger partial charge is 0.312 e. The zero-order chi connectivity index (χ0) is 60.8. The van der Waals surface area contributed by atoms with Crippen LogP contribution in [0, 0.1) is 0 Å². The van der Waals surface area contributed by atoms with Crippen LogP contribution < -0.4 is 68.8 Å². The number of aromatic nitrogens is 2. The van der Waals surface area contributed by atoms with Crippen molar-refractivity contribution in [1.29, 1.82) is 0 Å². The first-order valence-corrected chi connectivity index (χ1v) is 33.1. The third-order valence-electron chi connectivity index (χ3n) is 23.4. The van der Waals surface area contributed by atoms with E-state index in [-0.39, 0.29) is 31.0 Å². The van der Waals surface area contributed by atoms with Gasteiger partial charge in [-0.15, -0.1) is 0 Å². The van der Waals surface area contributed by atoms with Crippen LogP contribution in [0.4, 0.5) is 68.2 Å². The zero-order valence-corrected chi connectivity index (χ0v) is 51.7. The third-order valence-corrected chi connectivity index (χ3v) is 23.4. The molecule has 6 nitrogen and oxygen atoms in total. The van der Waals surface area contributed by atoms with Gasteiger partial charge in [0.05, 0.1) is 33.8 Å². The number of rotatable bonds is 2. The molecule has 0 spiro atoms. The summed E-state index contributed by atoms with van der Waals surface area (Å²) >= 11 is 0. The lowest BCUT2D eigenvalue weighted by atomic mass is 9.27. The van der Waals surface area contributed by atoms with Crippen molar-refractivity contribution in [2.75, 3.05) is 19.6 Å². The van der Waals surface area contributed by atoms with E-state index in [9.17, 15) is 0 Å². The second-order valence-corrected chi connectivity index (χ2v) is 28.2. The highest BCUT2D eigenvalue weighted by molar-refractivity contribution is 7.06. The van der Waals surface area contributed by atoms with Gasteiger partial charge in [0, 0.05) is 100 Å². The Bertz CT molecular complexity index is 5660. The Morgan fingerprint density at radius 3 is 1.11 bits per heavy atom. The molecule has 13 aromatic carbocycles. The fourth-order valence-electron chi connectivity index (χ4n) is 19.7. The van der Waals surface area contributed by atoms with Crippen LogP contribution in [0.1, 0.15) is 49.9 Å². The minimum atomic E-state index is -0.320. The Morgan fingerprint density at radius 1 is 0.247 bits per heavy atom. The molecule has 93 heavy (non-hydrogen) atoms. The van der Waals surface area contributed by atoms with E-state index in [1.807, 2.05) is 0 Å². The average molecular weight is 1180 g/mol. The van der Waals surface area contributed by atoms with Crippen LogP contribution >= 0.6 is 0 Å². The maximum absolute atomic E-state index is 2.75. The van der Waals surface area contributed by atoms with Crippen LogP contribution in [-0.4, -0.2) is 29.3 Å². The molecule has 0 bridgehead atoms. The van der Waals surface area contributed by atoms with Crippen LogP contribution in [0.2, 0.25) is 0 Å². The van der Waals surface area contributed by atoms with E-state index < -0.39 is 0 Å². The van der Waals surface area contributed by atoms with Crippen LogP contribution in [0.5, 0.6) is 0 Å². The molecule has 0 atom stereocenters. The average Bonchev–Trinajstić information content (AvgIpc) is 1.55. The van der Waals surface area contributed by atoms with Gasteiger partial charge in [-0.3, -0.25) is 0 Å². The van der Waals surface area contributed by atoms with Crippen molar-refractivity contribution in [1.82, 2.24) is 9.13 Å². The number of anilines is 12. The van der Waals surface area contributed by atoms with E-state index >= 15 is 0 Å². The normalized spacial score (nSPS) is 15.8. The third kappa shape index (κ3) is 5.71. The van der Waals surface area contributed by atoms with Gasteiger partial charge >= 0.3 is 0 Å². The summed E-state index contributed by atoms with van der Waals surface area (Å²) in [5.41, 5.74) is 39.3. The van der Waals surface area contributed by atoms with E-state index in [2.05, 4.69) is 317 Å². The van der Waals surface area contributed by atoms with Crippen molar-refractivity contribution in [3.63, 3.8) is 0 Å². The molecule has 0 radical (unpaired) electrons. The molecule has 0 aliphatic carbocycles. The molecule has 9 heteroatoms. The predicted molar refractivity (Wildman–Crippen MR) is 392 cm³/mol. The summed E-state index contributed by atoms with van der Waals surface area (Å²) in [5.74, 6) is 0. The first kappa shape index (κ1) is 49.6. The van der Waals surface area contributed by atoms with Crippen molar-refractivity contribution in [3.8, 4) is 11.4 Å². The van der Waals surface area contributed by atoms with E-state index in [1.54, 1.807) is 0 Å². The van der Waals surface area contributed by atoms with Gasteiger partial charge < -0.3 is 28.7 Å². The van der Waals surface area contributed by atoms with Crippen molar-refractivity contribution in [3.05, 3.63) is 283 Å². The second-order valence-electron chi connectivity index (χ2n) is 28.2. The number of benzene rings is 13. The van der Waals surface area contributed by atoms with Crippen LogP contribution in [0.25, 0.3) is 55.0 Å². The number of para-hydroxylation sites is 8. The molecule has 8 aliphatic heterocycles. The minimum absolute atomic E-state index is 0.0535. The van der Waals surface area contributed by atoms with Gasteiger partial charge in [0.1, 0.15) is 0 Å². The lowest BCUT2D eigenvalue weighted by molar-refractivity contribution is 0.632. The van der Waals surface area contributed by atoms with Crippen molar-refractivity contribution < 1.29 is 0 Å². The summed E-state index contributed by atoms with van der Waals surface area (Å²) < 4.78 is 5.25. The highest BCUT2D eigenvalue weighted by Gasteiger charge is 2.55. The summed E-state index contributed by atoms with van der Waals surface area (Å²) in [6.07, 6.45) is 0. The zero-order valence-electron chi connectivity index (χ0n) is 51.7. The molecular weight excluding hydrogens is 1130 g/mol. The Morgan fingerprint density at radius 2 is 0.634 bits per heavy atom. The highest BCUT2D eigenvalue weighted by atomic mass is 15.2. The van der Waals surface area contributed by atoms with Crippen molar-refractivity contribution in [2.24, 2.45) is 0 Å². The maximum atomic E-state index is 2.75. The Labute approximate surface area is 539 Å². The van der Waals surface area contributed by atoms with Crippen LogP contribution in [0.15, 0.2) is 261 Å². The molecule has 430 valence electrons. The van der Waals surface area contributed by atoms with Gasteiger partial charge in [0.2, 0.25) is 0 Å². The predicted octanol–water partition coefficient (Wildman–Crippen LogP) is 14.5. The number of hydrogen-bond donors (Lipinski definition) is 0. The fraction of sp³-hybridized carbons (Fsp3) is 0.0714. The van der Waals surface area contributed by atoms with Crippen LogP contribution in [0.3, 0.4) is 0 Å². The molecule has 0 saturated heterocycles. The molecular formula is C84H55B3N6. The van der Waals surface area contributed by atoms with Gasteiger partial charge in [-0.2, -0.15) is 0 Å². The Balaban J connectivity index is 0.858. The summed E-state index contributed by atoms with van der Waals surface area (Å²) in [7, 11) is 0. The van der Waals surface area contributed by atoms with Gasteiger partial charge in [0.15, 0.2) is 0 Å². The van der Waals surface area contributed by atoms with Crippen LogP contribution in [-0.2, 0) is 10.8 Å². The standard InChI is InChI=1S/C84H55B3N6/c1-83(2)54-30-13-17-36-66(54)88(48-22-7-5-8-23-48)72-46-74-62(44-56(72)83)86-58-32-19-28-52-50-26-11-15-34-64(50)90(79(52)58)70-42-40-60-81(77(70)86)92(74)68-38-21-39-69-76(68)85(60)61-41-43-71-78-82(61)93(69)75-47-73-57(84(3,4)55-31-14-18-37-67(55)89(73)49-24-9-6-10-25-49)45-63(75)87(78)59-33-20-29-53-51-27-12-16-35-65(51)91(71)80(53)59/h5-47H,1-4H3.